The quantitative estimate of drug-likeness (QED) is 0.737. The minimum atomic E-state index is -0.850. The third-order valence-corrected chi connectivity index (χ3v) is 5.21. The fourth-order valence-electron chi connectivity index (χ4n) is 2.95. The van der Waals surface area contributed by atoms with Crippen LogP contribution in [-0.2, 0) is 19.1 Å². The van der Waals surface area contributed by atoms with E-state index in [2.05, 4.69) is 4.74 Å². The molecule has 0 unspecified atom stereocenters. The van der Waals surface area contributed by atoms with Gasteiger partial charge in [-0.2, -0.15) is 5.26 Å². The molecule has 0 aromatic heterocycles. The molecule has 0 saturated carbocycles. The van der Waals surface area contributed by atoms with Crippen molar-refractivity contribution in [1.29, 1.82) is 5.26 Å². The highest BCUT2D eigenvalue weighted by Crippen LogP contribution is 2.47. The Morgan fingerprint density at radius 2 is 1.96 bits per heavy atom. The maximum Gasteiger partial charge on any atom is 0.344 e. The number of hydrogen-bond acceptors (Lipinski definition) is 7. The van der Waals surface area contributed by atoms with Crippen molar-refractivity contribution in [2.24, 2.45) is 11.5 Å². The SMILES string of the molecule is COC(=O)C1=CC(=O)N2C(N)=C(C#N)[C@@H](c3ccccc3)C(C(N)=O)=C2S1. The number of rotatable bonds is 3. The van der Waals surface area contributed by atoms with Gasteiger partial charge in [-0.15, -0.1) is 0 Å². The highest BCUT2D eigenvalue weighted by Gasteiger charge is 2.43. The Labute approximate surface area is 158 Å². The number of thioether (sulfide) groups is 1. The number of nitrogens with zero attached hydrogens (tertiary/aromatic N) is 2. The van der Waals surface area contributed by atoms with Crippen molar-refractivity contribution in [3.63, 3.8) is 0 Å². The van der Waals surface area contributed by atoms with Gasteiger partial charge in [0.05, 0.1) is 35.3 Å². The molecule has 0 saturated heterocycles. The second-order valence-electron chi connectivity index (χ2n) is 5.61. The zero-order valence-corrected chi connectivity index (χ0v) is 14.9. The molecule has 0 spiro atoms. The number of carbonyl (C=O) groups excluding carboxylic acids is 3. The monoisotopic (exact) mass is 382 g/mol. The van der Waals surface area contributed by atoms with Crippen molar-refractivity contribution in [3.05, 3.63) is 68.9 Å². The summed E-state index contributed by atoms with van der Waals surface area (Å²) in [6, 6.07) is 10.7. The first kappa shape index (κ1) is 18.3. The summed E-state index contributed by atoms with van der Waals surface area (Å²) in [7, 11) is 1.18. The predicted molar refractivity (Wildman–Crippen MR) is 96.8 cm³/mol. The van der Waals surface area contributed by atoms with Gasteiger partial charge in [0, 0.05) is 6.08 Å². The summed E-state index contributed by atoms with van der Waals surface area (Å²) in [5, 5.41) is 9.75. The maximum atomic E-state index is 12.6. The lowest BCUT2D eigenvalue weighted by atomic mass is 9.82. The van der Waals surface area contributed by atoms with Crippen LogP contribution in [0.2, 0.25) is 0 Å². The van der Waals surface area contributed by atoms with Crippen LogP contribution in [0.1, 0.15) is 11.5 Å². The van der Waals surface area contributed by atoms with E-state index in [4.69, 9.17) is 11.5 Å². The molecular weight excluding hydrogens is 368 g/mol. The minimum Gasteiger partial charge on any atom is -0.465 e. The highest BCUT2D eigenvalue weighted by molar-refractivity contribution is 8.07. The van der Waals surface area contributed by atoms with Crippen LogP contribution in [0.5, 0.6) is 0 Å². The van der Waals surface area contributed by atoms with Crippen LogP contribution in [0.4, 0.5) is 0 Å². The summed E-state index contributed by atoms with van der Waals surface area (Å²) in [4.78, 5) is 37.8. The molecule has 9 heteroatoms. The van der Waals surface area contributed by atoms with Gasteiger partial charge in [0.15, 0.2) is 0 Å². The summed E-state index contributed by atoms with van der Waals surface area (Å²) in [6.45, 7) is 0. The summed E-state index contributed by atoms with van der Waals surface area (Å²) in [5.41, 5.74) is 12.4. The van der Waals surface area contributed by atoms with Crippen molar-refractivity contribution >= 4 is 29.5 Å². The summed E-state index contributed by atoms with van der Waals surface area (Å²) in [5.74, 6) is -3.18. The van der Waals surface area contributed by atoms with Gasteiger partial charge in [-0.05, 0) is 5.56 Å². The van der Waals surface area contributed by atoms with Gasteiger partial charge in [0.25, 0.3) is 5.91 Å². The molecular formula is C18H14N4O4S. The number of ether oxygens (including phenoxy) is 1. The molecule has 4 N–H and O–H groups in total. The second-order valence-corrected chi connectivity index (χ2v) is 6.64. The van der Waals surface area contributed by atoms with Crippen LogP contribution in [0.25, 0.3) is 0 Å². The van der Waals surface area contributed by atoms with Crippen molar-refractivity contribution < 1.29 is 19.1 Å². The molecule has 2 amide bonds. The van der Waals surface area contributed by atoms with E-state index in [0.717, 1.165) is 22.7 Å². The Hall–Kier alpha value is -3.51. The van der Waals surface area contributed by atoms with Gasteiger partial charge in [-0.25, -0.2) is 4.79 Å². The van der Waals surface area contributed by atoms with Crippen LogP contribution < -0.4 is 11.5 Å². The van der Waals surface area contributed by atoms with Crippen LogP contribution in [-0.4, -0.2) is 29.8 Å². The first-order valence-corrected chi connectivity index (χ1v) is 8.53. The lowest BCUT2D eigenvalue weighted by Crippen LogP contribution is -2.42. The summed E-state index contributed by atoms with van der Waals surface area (Å²) < 4.78 is 4.66. The maximum absolute atomic E-state index is 12.6. The summed E-state index contributed by atoms with van der Waals surface area (Å²) >= 11 is 0.850. The molecule has 3 rings (SSSR count). The van der Waals surface area contributed by atoms with Gasteiger partial charge in [-0.1, -0.05) is 42.1 Å². The van der Waals surface area contributed by atoms with Gasteiger partial charge in [-0.3, -0.25) is 14.5 Å². The van der Waals surface area contributed by atoms with E-state index in [0.29, 0.717) is 5.56 Å². The van der Waals surface area contributed by atoms with E-state index in [9.17, 15) is 19.6 Å². The van der Waals surface area contributed by atoms with E-state index in [1.807, 2.05) is 6.07 Å². The number of allylic oxidation sites excluding steroid dienone is 1. The Kier molecular flexibility index (Phi) is 4.75. The van der Waals surface area contributed by atoms with Crippen LogP contribution >= 0.6 is 11.8 Å². The average molecular weight is 382 g/mol. The van der Waals surface area contributed by atoms with E-state index in [-0.39, 0.29) is 26.9 Å². The lowest BCUT2D eigenvalue weighted by molar-refractivity contribution is -0.135. The molecule has 2 heterocycles. The molecule has 2 aliphatic rings. The van der Waals surface area contributed by atoms with Gasteiger partial charge in [0.1, 0.15) is 10.7 Å². The molecule has 1 aromatic carbocycles. The molecule has 2 aliphatic heterocycles. The molecule has 0 bridgehead atoms. The minimum absolute atomic E-state index is 0.00693. The first-order chi connectivity index (χ1) is 12.9. The number of hydrogen-bond donors (Lipinski definition) is 2. The molecule has 27 heavy (non-hydrogen) atoms. The fraction of sp³-hybridized carbons (Fsp3) is 0.111. The zero-order chi connectivity index (χ0) is 19.7. The molecule has 136 valence electrons. The van der Waals surface area contributed by atoms with E-state index >= 15 is 0 Å². The smallest absolute Gasteiger partial charge is 0.344 e. The molecule has 0 radical (unpaired) electrons. The van der Waals surface area contributed by atoms with Gasteiger partial charge < -0.3 is 16.2 Å². The van der Waals surface area contributed by atoms with Crippen molar-refractivity contribution in [1.82, 2.24) is 4.90 Å². The third-order valence-electron chi connectivity index (χ3n) is 4.11. The normalized spacial score (nSPS) is 19.3. The molecule has 1 atom stereocenters. The molecule has 0 aliphatic carbocycles. The number of amides is 2. The first-order valence-electron chi connectivity index (χ1n) is 7.71. The average Bonchev–Trinajstić information content (AvgIpc) is 2.66. The fourth-order valence-corrected chi connectivity index (χ4v) is 4.09. The zero-order valence-electron chi connectivity index (χ0n) is 14.1. The van der Waals surface area contributed by atoms with Crippen LogP contribution in [0.15, 0.2) is 63.3 Å². The predicted octanol–water partition coefficient (Wildman–Crippen LogP) is 0.807. The Morgan fingerprint density at radius 1 is 1.30 bits per heavy atom. The Bertz CT molecular complexity index is 988. The highest BCUT2D eigenvalue weighted by atomic mass is 32.2. The Morgan fingerprint density at radius 3 is 2.52 bits per heavy atom. The topological polar surface area (TPSA) is 140 Å². The van der Waals surface area contributed by atoms with Gasteiger partial charge in [0.2, 0.25) is 5.91 Å². The van der Waals surface area contributed by atoms with Crippen molar-refractivity contribution in [2.75, 3.05) is 7.11 Å². The van der Waals surface area contributed by atoms with Crippen LogP contribution in [0.3, 0.4) is 0 Å². The number of fused-ring (bicyclic) bond motifs is 1. The van der Waals surface area contributed by atoms with E-state index in [1.165, 1.54) is 7.11 Å². The van der Waals surface area contributed by atoms with E-state index in [1.54, 1.807) is 30.3 Å². The Balaban J connectivity index is 2.29. The molecule has 0 fully saturated rings. The number of nitriles is 1. The number of nitrogens with two attached hydrogens (primary N) is 2. The lowest BCUT2D eigenvalue weighted by Gasteiger charge is -2.36. The summed E-state index contributed by atoms with van der Waals surface area (Å²) in [6.07, 6.45) is 1.04. The van der Waals surface area contributed by atoms with Crippen molar-refractivity contribution in [3.8, 4) is 6.07 Å². The largest absolute Gasteiger partial charge is 0.465 e. The molecule has 8 nitrogen and oxygen atoms in total. The number of primary amides is 1. The van der Waals surface area contributed by atoms with Crippen molar-refractivity contribution in [2.45, 2.75) is 5.92 Å². The third kappa shape index (κ3) is 2.96. The second kappa shape index (κ2) is 7.01. The van der Waals surface area contributed by atoms with Gasteiger partial charge >= 0.3 is 5.97 Å². The van der Waals surface area contributed by atoms with Crippen LogP contribution in [0, 0.1) is 11.3 Å². The number of methoxy groups -OCH3 is 1. The number of benzene rings is 1. The number of esters is 1. The molecule has 1 aromatic rings. The van der Waals surface area contributed by atoms with E-state index < -0.39 is 23.7 Å². The standard InChI is InChI=1S/C18H14N4O4S/c1-26-18(25)11-7-12(23)22-15(20)10(8-19)13(9-5-3-2-4-6-9)14(16(21)24)17(22)27-11/h2-7,13H,20H2,1H3,(H2,21,24)/t13-/m1/s1. The number of carbonyl (C=O) groups is 3.